The van der Waals surface area contributed by atoms with Crippen molar-refractivity contribution in [2.75, 3.05) is 12.4 Å². The summed E-state index contributed by atoms with van der Waals surface area (Å²) in [5.41, 5.74) is 2.30. The fraction of sp³-hybridized carbons (Fsp3) is 0.0476. The molecule has 4 rings (SSSR count). The van der Waals surface area contributed by atoms with Crippen LogP contribution in [0.2, 0.25) is 0 Å². The van der Waals surface area contributed by atoms with Crippen LogP contribution in [0.3, 0.4) is 0 Å². The van der Waals surface area contributed by atoms with Gasteiger partial charge < -0.3 is 14.5 Å². The molecule has 0 spiro atoms. The molecule has 0 radical (unpaired) electrons. The largest absolute Gasteiger partial charge is 0.465 e. The van der Waals surface area contributed by atoms with E-state index in [4.69, 9.17) is 9.15 Å². The van der Waals surface area contributed by atoms with Gasteiger partial charge in [-0.15, -0.1) is 0 Å². The number of fused-ring (bicyclic) bond motifs is 1. The number of carbonyl (C=O) groups is 2. The molecule has 0 saturated heterocycles. The Morgan fingerprint density at radius 3 is 2.74 bits per heavy atom. The van der Waals surface area contributed by atoms with E-state index >= 15 is 0 Å². The summed E-state index contributed by atoms with van der Waals surface area (Å²) in [5, 5.41) is 2.69. The van der Waals surface area contributed by atoms with Crippen LogP contribution in [-0.4, -0.2) is 19.0 Å². The summed E-state index contributed by atoms with van der Waals surface area (Å²) in [7, 11) is 1.31. The minimum atomic E-state index is -0.471. The lowest BCUT2D eigenvalue weighted by Crippen LogP contribution is -2.03. The van der Waals surface area contributed by atoms with Gasteiger partial charge in [0.2, 0.25) is 0 Å². The van der Waals surface area contributed by atoms with Crippen molar-refractivity contribution in [1.82, 2.24) is 0 Å². The van der Waals surface area contributed by atoms with E-state index in [2.05, 4.69) is 5.32 Å². The van der Waals surface area contributed by atoms with Crippen LogP contribution in [0.25, 0.3) is 23.0 Å². The summed E-state index contributed by atoms with van der Waals surface area (Å²) in [6.07, 6.45) is 1.55. The monoisotopic (exact) mass is 363 g/mol. The van der Waals surface area contributed by atoms with Crippen molar-refractivity contribution in [2.45, 2.75) is 0 Å². The lowest BCUT2D eigenvalue weighted by Gasteiger charge is -2.04. The maximum absolute atomic E-state index is 13.5. The maximum atomic E-state index is 13.5. The average molecular weight is 363 g/mol. The molecule has 1 N–H and O–H groups in total. The number of rotatable bonds is 3. The third kappa shape index (κ3) is 3.01. The summed E-state index contributed by atoms with van der Waals surface area (Å²) >= 11 is 0. The summed E-state index contributed by atoms with van der Waals surface area (Å²) in [6.45, 7) is 0. The lowest BCUT2D eigenvalue weighted by molar-refractivity contribution is -0.110. The molecule has 1 aromatic heterocycles. The van der Waals surface area contributed by atoms with Crippen LogP contribution in [0.5, 0.6) is 0 Å². The summed E-state index contributed by atoms with van der Waals surface area (Å²) in [5.74, 6) is -0.360. The molecule has 1 amide bonds. The Morgan fingerprint density at radius 2 is 1.93 bits per heavy atom. The van der Waals surface area contributed by atoms with E-state index in [1.165, 1.54) is 25.3 Å². The number of esters is 1. The Kier molecular flexibility index (Phi) is 4.08. The number of ether oxygens (including phenoxy) is 1. The van der Waals surface area contributed by atoms with Crippen molar-refractivity contribution >= 4 is 29.2 Å². The molecule has 0 unspecified atom stereocenters. The highest BCUT2D eigenvalue weighted by atomic mass is 19.1. The predicted molar refractivity (Wildman–Crippen MR) is 98.4 cm³/mol. The topological polar surface area (TPSA) is 68.5 Å². The van der Waals surface area contributed by atoms with Crippen LogP contribution in [0, 0.1) is 5.82 Å². The van der Waals surface area contributed by atoms with Crippen LogP contribution < -0.4 is 5.32 Å². The molecule has 0 fully saturated rings. The highest BCUT2D eigenvalue weighted by molar-refractivity contribution is 6.34. The number of nitrogens with one attached hydrogen (secondary N) is 1. The molecule has 2 heterocycles. The van der Waals surface area contributed by atoms with E-state index in [-0.39, 0.29) is 5.91 Å². The quantitative estimate of drug-likeness (QED) is 0.554. The van der Waals surface area contributed by atoms with Gasteiger partial charge in [-0.05, 0) is 42.5 Å². The number of benzene rings is 2. The van der Waals surface area contributed by atoms with E-state index in [1.54, 1.807) is 42.5 Å². The number of hydrogen-bond donors (Lipinski definition) is 1. The Hall–Kier alpha value is -3.67. The van der Waals surface area contributed by atoms with Crippen molar-refractivity contribution in [2.24, 2.45) is 0 Å². The molecular formula is C21H14FNO4. The number of anilines is 1. The average Bonchev–Trinajstić information content (AvgIpc) is 3.26. The number of hydrogen-bond acceptors (Lipinski definition) is 4. The van der Waals surface area contributed by atoms with E-state index in [0.717, 1.165) is 0 Å². The Morgan fingerprint density at radius 1 is 1.11 bits per heavy atom. The second-order valence-electron chi connectivity index (χ2n) is 5.94. The van der Waals surface area contributed by atoms with Gasteiger partial charge in [0.05, 0.1) is 18.2 Å². The molecule has 0 bridgehead atoms. The minimum absolute atomic E-state index is 0.312. The number of methoxy groups -OCH3 is 1. The molecule has 0 aliphatic carbocycles. The first-order valence-electron chi connectivity index (χ1n) is 8.17. The fourth-order valence-corrected chi connectivity index (χ4v) is 3.01. The highest BCUT2D eigenvalue weighted by Gasteiger charge is 2.25. The van der Waals surface area contributed by atoms with Gasteiger partial charge in [-0.2, -0.15) is 0 Å². The van der Waals surface area contributed by atoms with Crippen LogP contribution >= 0.6 is 0 Å². The molecule has 1 aliphatic heterocycles. The zero-order chi connectivity index (χ0) is 19.0. The molecular weight excluding hydrogens is 349 g/mol. The SMILES string of the molecule is COC(=O)c1ccccc1-c1ccc(/C=C2/C(=O)Nc3ccc(F)cc32)o1. The van der Waals surface area contributed by atoms with Crippen molar-refractivity contribution in [1.29, 1.82) is 0 Å². The number of furan rings is 1. The summed E-state index contributed by atoms with van der Waals surface area (Å²) in [6, 6.07) is 14.4. The van der Waals surface area contributed by atoms with E-state index in [0.29, 0.717) is 39.5 Å². The van der Waals surface area contributed by atoms with Crippen molar-refractivity contribution in [3.8, 4) is 11.3 Å². The first kappa shape index (κ1) is 16.8. The number of carbonyl (C=O) groups excluding carboxylic acids is 2. The molecule has 5 nitrogen and oxygen atoms in total. The molecule has 6 heteroatoms. The molecule has 0 saturated carbocycles. The van der Waals surface area contributed by atoms with Gasteiger partial charge in [0.25, 0.3) is 5.91 Å². The number of amides is 1. The van der Waals surface area contributed by atoms with Crippen molar-refractivity contribution < 1.29 is 23.1 Å². The van der Waals surface area contributed by atoms with Crippen molar-refractivity contribution in [3.63, 3.8) is 0 Å². The highest BCUT2D eigenvalue weighted by Crippen LogP contribution is 2.34. The van der Waals surface area contributed by atoms with Crippen LogP contribution in [0.1, 0.15) is 21.7 Å². The third-order valence-electron chi connectivity index (χ3n) is 4.28. The zero-order valence-corrected chi connectivity index (χ0v) is 14.3. The number of halogens is 1. The Labute approximate surface area is 154 Å². The first-order valence-corrected chi connectivity index (χ1v) is 8.17. The molecule has 3 aromatic rings. The molecule has 0 atom stereocenters. The van der Waals surface area contributed by atoms with Gasteiger partial charge in [-0.25, -0.2) is 9.18 Å². The molecule has 2 aromatic carbocycles. The molecule has 27 heavy (non-hydrogen) atoms. The Bertz CT molecular complexity index is 1100. The standard InChI is InChI=1S/C21H14FNO4/c1-26-21(25)15-5-3-2-4-14(15)19-9-7-13(27-19)11-17-16-10-12(22)6-8-18(16)23-20(17)24/h2-11H,1H3,(H,23,24)/b17-11+. The van der Waals surface area contributed by atoms with Gasteiger partial charge in [0, 0.05) is 16.8 Å². The third-order valence-corrected chi connectivity index (χ3v) is 4.28. The molecule has 1 aliphatic rings. The minimum Gasteiger partial charge on any atom is -0.465 e. The smallest absolute Gasteiger partial charge is 0.338 e. The van der Waals surface area contributed by atoms with Crippen LogP contribution in [0.4, 0.5) is 10.1 Å². The maximum Gasteiger partial charge on any atom is 0.338 e. The normalized spacial score (nSPS) is 14.1. The summed E-state index contributed by atoms with van der Waals surface area (Å²) < 4.78 is 24.1. The van der Waals surface area contributed by atoms with Crippen LogP contribution in [-0.2, 0) is 9.53 Å². The fourth-order valence-electron chi connectivity index (χ4n) is 3.01. The van der Waals surface area contributed by atoms with E-state index < -0.39 is 11.8 Å². The zero-order valence-electron chi connectivity index (χ0n) is 14.3. The molecule has 134 valence electrons. The van der Waals surface area contributed by atoms with E-state index in [9.17, 15) is 14.0 Å². The van der Waals surface area contributed by atoms with Gasteiger partial charge in [-0.3, -0.25) is 4.79 Å². The van der Waals surface area contributed by atoms with Gasteiger partial charge >= 0.3 is 5.97 Å². The van der Waals surface area contributed by atoms with Gasteiger partial charge in [-0.1, -0.05) is 18.2 Å². The first-order chi connectivity index (χ1) is 13.1. The van der Waals surface area contributed by atoms with Crippen molar-refractivity contribution in [3.05, 3.63) is 77.3 Å². The Balaban J connectivity index is 1.73. The summed E-state index contributed by atoms with van der Waals surface area (Å²) in [4.78, 5) is 24.1. The van der Waals surface area contributed by atoms with Crippen LogP contribution in [0.15, 0.2) is 59.0 Å². The van der Waals surface area contributed by atoms with Gasteiger partial charge in [0.15, 0.2) is 0 Å². The van der Waals surface area contributed by atoms with Gasteiger partial charge in [0.1, 0.15) is 17.3 Å². The predicted octanol–water partition coefficient (Wildman–Crippen LogP) is 4.37. The lowest BCUT2D eigenvalue weighted by atomic mass is 10.1. The second kappa shape index (κ2) is 6.57. The second-order valence-corrected chi connectivity index (χ2v) is 5.94. The van der Waals surface area contributed by atoms with E-state index in [1.807, 2.05) is 0 Å².